The summed E-state index contributed by atoms with van der Waals surface area (Å²) in [6, 6.07) is 4.07. The van der Waals surface area contributed by atoms with Crippen molar-refractivity contribution in [1.29, 1.82) is 0 Å². The summed E-state index contributed by atoms with van der Waals surface area (Å²) in [5.41, 5.74) is 5.97. The van der Waals surface area contributed by atoms with E-state index in [1.807, 2.05) is 13.8 Å². The van der Waals surface area contributed by atoms with E-state index < -0.39 is 6.43 Å². The van der Waals surface area contributed by atoms with Gasteiger partial charge in [0.15, 0.2) is 0 Å². The van der Waals surface area contributed by atoms with E-state index in [1.165, 1.54) is 12.1 Å². The Kier molecular flexibility index (Phi) is 4.69. The van der Waals surface area contributed by atoms with Gasteiger partial charge in [-0.3, -0.25) is 0 Å². The summed E-state index contributed by atoms with van der Waals surface area (Å²) in [6.07, 6.45) is -2.59. The zero-order valence-electron chi connectivity index (χ0n) is 9.95. The topological polar surface area (TPSA) is 58.3 Å². The van der Waals surface area contributed by atoms with Crippen molar-refractivity contribution >= 4 is 11.4 Å². The average molecular weight is 244 g/mol. The summed E-state index contributed by atoms with van der Waals surface area (Å²) in [7, 11) is 0. The number of hydrogen-bond donors (Lipinski definition) is 3. The number of aliphatic hydroxyl groups is 1. The van der Waals surface area contributed by atoms with Gasteiger partial charge in [0.25, 0.3) is 6.43 Å². The highest BCUT2D eigenvalue weighted by Crippen LogP contribution is 2.29. The molecular formula is C12H18F2N2O. The predicted molar refractivity (Wildman–Crippen MR) is 65.1 cm³/mol. The molecule has 0 aliphatic carbocycles. The number of rotatable bonds is 5. The Morgan fingerprint density at radius 2 is 2.00 bits per heavy atom. The lowest BCUT2D eigenvalue weighted by molar-refractivity contribution is 0.152. The molecule has 0 spiro atoms. The van der Waals surface area contributed by atoms with Crippen molar-refractivity contribution in [3.63, 3.8) is 0 Å². The first kappa shape index (κ1) is 13.7. The molecule has 0 aliphatic heterocycles. The van der Waals surface area contributed by atoms with Crippen LogP contribution in [0.25, 0.3) is 0 Å². The number of nitrogens with two attached hydrogens (primary N) is 1. The number of nitrogens with one attached hydrogen (secondary N) is 1. The van der Waals surface area contributed by atoms with Gasteiger partial charge in [0.05, 0.1) is 12.6 Å². The highest BCUT2D eigenvalue weighted by Gasteiger charge is 2.17. The zero-order chi connectivity index (χ0) is 13.0. The molecule has 17 heavy (non-hydrogen) atoms. The molecule has 3 nitrogen and oxygen atoms in total. The van der Waals surface area contributed by atoms with Gasteiger partial charge in [-0.2, -0.15) is 0 Å². The molecule has 0 saturated carbocycles. The van der Waals surface area contributed by atoms with Gasteiger partial charge >= 0.3 is 0 Å². The molecule has 4 N–H and O–H groups in total. The molecule has 1 rings (SSSR count). The molecule has 0 heterocycles. The first-order valence-electron chi connectivity index (χ1n) is 5.50. The minimum Gasteiger partial charge on any atom is -0.399 e. The summed E-state index contributed by atoms with van der Waals surface area (Å²) in [5, 5.41) is 12.1. The second-order valence-corrected chi connectivity index (χ2v) is 4.32. The van der Waals surface area contributed by atoms with Gasteiger partial charge < -0.3 is 16.2 Å². The molecule has 96 valence electrons. The van der Waals surface area contributed by atoms with Crippen LogP contribution in [0, 0.1) is 5.92 Å². The van der Waals surface area contributed by atoms with Crippen LogP contribution in [0.2, 0.25) is 0 Å². The third kappa shape index (κ3) is 3.56. The Hall–Kier alpha value is -1.36. The average Bonchev–Trinajstić information content (AvgIpc) is 2.26. The number of hydrogen-bond acceptors (Lipinski definition) is 3. The van der Waals surface area contributed by atoms with E-state index in [0.29, 0.717) is 11.4 Å². The second-order valence-electron chi connectivity index (χ2n) is 4.32. The van der Waals surface area contributed by atoms with Crippen LogP contribution in [0.15, 0.2) is 18.2 Å². The predicted octanol–water partition coefficient (Wildman–Crippen LogP) is 2.64. The van der Waals surface area contributed by atoms with Crippen LogP contribution in [0.3, 0.4) is 0 Å². The Morgan fingerprint density at radius 3 is 2.47 bits per heavy atom. The van der Waals surface area contributed by atoms with E-state index in [1.54, 1.807) is 6.07 Å². The van der Waals surface area contributed by atoms with E-state index in [-0.39, 0.29) is 24.1 Å². The fourth-order valence-corrected chi connectivity index (χ4v) is 1.52. The Labute approximate surface area is 99.6 Å². The van der Waals surface area contributed by atoms with Crippen molar-refractivity contribution in [1.82, 2.24) is 0 Å². The normalized spacial score (nSPS) is 13.1. The minimum atomic E-state index is -2.59. The highest BCUT2D eigenvalue weighted by molar-refractivity contribution is 5.59. The third-order valence-electron chi connectivity index (χ3n) is 2.65. The lowest BCUT2D eigenvalue weighted by atomic mass is 10.0. The van der Waals surface area contributed by atoms with Crippen molar-refractivity contribution in [2.75, 3.05) is 17.7 Å². The summed E-state index contributed by atoms with van der Waals surface area (Å²) >= 11 is 0. The van der Waals surface area contributed by atoms with Crippen LogP contribution in [-0.4, -0.2) is 17.8 Å². The van der Waals surface area contributed by atoms with Crippen LogP contribution >= 0.6 is 0 Å². The van der Waals surface area contributed by atoms with E-state index in [9.17, 15) is 8.78 Å². The molecule has 1 unspecified atom stereocenters. The number of anilines is 2. The van der Waals surface area contributed by atoms with Gasteiger partial charge in [0.1, 0.15) is 0 Å². The molecule has 1 atom stereocenters. The lowest BCUT2D eigenvalue weighted by Gasteiger charge is -2.23. The summed E-state index contributed by atoms with van der Waals surface area (Å²) < 4.78 is 25.6. The maximum Gasteiger partial charge on any atom is 0.265 e. The maximum atomic E-state index is 12.8. The van der Waals surface area contributed by atoms with Gasteiger partial charge in [0, 0.05) is 16.9 Å². The van der Waals surface area contributed by atoms with Crippen LogP contribution < -0.4 is 11.1 Å². The van der Waals surface area contributed by atoms with E-state index in [2.05, 4.69) is 5.32 Å². The summed E-state index contributed by atoms with van der Waals surface area (Å²) in [6.45, 7) is 3.71. The van der Waals surface area contributed by atoms with Crippen molar-refractivity contribution in [3.8, 4) is 0 Å². The minimum absolute atomic E-state index is 0.106. The van der Waals surface area contributed by atoms with Gasteiger partial charge in [-0.05, 0) is 24.1 Å². The van der Waals surface area contributed by atoms with Crippen molar-refractivity contribution in [2.24, 2.45) is 5.92 Å². The molecule has 0 saturated heterocycles. The van der Waals surface area contributed by atoms with Crippen molar-refractivity contribution in [2.45, 2.75) is 26.3 Å². The molecule has 5 heteroatoms. The fourth-order valence-electron chi connectivity index (χ4n) is 1.52. The molecule has 0 aromatic heterocycles. The molecular weight excluding hydrogens is 226 g/mol. The monoisotopic (exact) mass is 244 g/mol. The number of halogens is 2. The van der Waals surface area contributed by atoms with E-state index >= 15 is 0 Å². The zero-order valence-corrected chi connectivity index (χ0v) is 9.95. The van der Waals surface area contributed by atoms with Crippen molar-refractivity contribution < 1.29 is 13.9 Å². The van der Waals surface area contributed by atoms with Gasteiger partial charge in [-0.15, -0.1) is 0 Å². The van der Waals surface area contributed by atoms with Crippen LogP contribution in [-0.2, 0) is 0 Å². The second kappa shape index (κ2) is 5.82. The van der Waals surface area contributed by atoms with Crippen LogP contribution in [0.1, 0.15) is 25.8 Å². The van der Waals surface area contributed by atoms with Gasteiger partial charge in [-0.25, -0.2) is 8.78 Å². The summed E-state index contributed by atoms with van der Waals surface area (Å²) in [4.78, 5) is 0. The molecule has 0 radical (unpaired) electrons. The Balaban J connectivity index is 2.97. The molecule has 0 aliphatic rings. The van der Waals surface area contributed by atoms with Crippen LogP contribution in [0.5, 0.6) is 0 Å². The number of nitrogen functional groups attached to an aromatic ring is 1. The Morgan fingerprint density at radius 1 is 1.35 bits per heavy atom. The lowest BCUT2D eigenvalue weighted by Crippen LogP contribution is -2.29. The number of alkyl halides is 2. The fraction of sp³-hybridized carbons (Fsp3) is 0.500. The maximum absolute atomic E-state index is 12.8. The van der Waals surface area contributed by atoms with Crippen molar-refractivity contribution in [3.05, 3.63) is 23.8 Å². The SMILES string of the molecule is CC(C)C(CO)Nc1ccc(N)cc1C(F)F. The molecule has 1 aromatic carbocycles. The molecule has 0 amide bonds. The largest absolute Gasteiger partial charge is 0.399 e. The highest BCUT2D eigenvalue weighted by atomic mass is 19.3. The quantitative estimate of drug-likeness (QED) is 0.698. The smallest absolute Gasteiger partial charge is 0.265 e. The van der Waals surface area contributed by atoms with E-state index in [4.69, 9.17) is 10.8 Å². The Bertz CT molecular complexity index is 370. The van der Waals surface area contributed by atoms with Gasteiger partial charge in [0.2, 0.25) is 0 Å². The first-order valence-corrected chi connectivity index (χ1v) is 5.50. The number of aliphatic hydroxyl groups excluding tert-OH is 1. The third-order valence-corrected chi connectivity index (χ3v) is 2.65. The van der Waals surface area contributed by atoms with E-state index in [0.717, 1.165) is 0 Å². The molecule has 0 bridgehead atoms. The van der Waals surface area contributed by atoms with Crippen LogP contribution in [0.4, 0.5) is 20.2 Å². The standard InChI is InChI=1S/C12H18F2N2O/c1-7(2)11(6-17)16-10-4-3-8(15)5-9(10)12(13)14/h3-5,7,11-12,16-17H,6,15H2,1-2H3. The number of benzene rings is 1. The summed E-state index contributed by atoms with van der Waals surface area (Å²) in [5.74, 6) is 0.142. The van der Waals surface area contributed by atoms with Gasteiger partial charge in [-0.1, -0.05) is 13.8 Å². The molecule has 1 aromatic rings. The molecule has 0 fully saturated rings. The first-order chi connectivity index (χ1) is 7.95.